The van der Waals surface area contributed by atoms with Crippen LogP contribution < -0.4 is 5.32 Å². The highest BCUT2D eigenvalue weighted by atomic mass is 79.9. The predicted molar refractivity (Wildman–Crippen MR) is 88.4 cm³/mol. The zero-order chi connectivity index (χ0) is 14.4. The van der Waals surface area contributed by atoms with E-state index in [1.54, 1.807) is 0 Å². The van der Waals surface area contributed by atoms with Gasteiger partial charge < -0.3 is 5.32 Å². The van der Waals surface area contributed by atoms with Crippen molar-refractivity contribution in [1.82, 2.24) is 10.2 Å². The molecule has 0 saturated heterocycles. The summed E-state index contributed by atoms with van der Waals surface area (Å²) in [6.07, 6.45) is 9.23. The monoisotopic (exact) mass is 334 g/mol. The standard InChI is InChI=1S/C17H23BrN2/c1-3-9-20(10-4-2)13-15-6-5-14(11-17(15)18)12-19-16-7-8-16/h1,5-6,11,16,19H,4,7-10,12-13H2,2H3. The highest BCUT2D eigenvalue weighted by Crippen LogP contribution is 2.22. The van der Waals surface area contributed by atoms with Crippen molar-refractivity contribution in [3.63, 3.8) is 0 Å². The molecule has 20 heavy (non-hydrogen) atoms. The van der Waals surface area contributed by atoms with Gasteiger partial charge in [-0.3, -0.25) is 4.90 Å². The van der Waals surface area contributed by atoms with Gasteiger partial charge in [-0.1, -0.05) is 40.9 Å². The van der Waals surface area contributed by atoms with Crippen LogP contribution in [-0.4, -0.2) is 24.0 Å². The summed E-state index contributed by atoms with van der Waals surface area (Å²) >= 11 is 3.69. The van der Waals surface area contributed by atoms with Crippen molar-refractivity contribution in [3.05, 3.63) is 33.8 Å². The van der Waals surface area contributed by atoms with Gasteiger partial charge in [0.1, 0.15) is 0 Å². The van der Waals surface area contributed by atoms with Gasteiger partial charge in [-0.15, -0.1) is 6.42 Å². The van der Waals surface area contributed by atoms with Gasteiger partial charge in [0.15, 0.2) is 0 Å². The minimum absolute atomic E-state index is 0.714. The number of halogens is 1. The first-order valence-corrected chi connectivity index (χ1v) is 8.18. The number of nitrogens with one attached hydrogen (secondary N) is 1. The Labute approximate surface area is 131 Å². The Morgan fingerprint density at radius 2 is 2.25 bits per heavy atom. The molecule has 1 fully saturated rings. The molecule has 1 aliphatic rings. The number of benzene rings is 1. The molecule has 0 aliphatic heterocycles. The van der Waals surface area contributed by atoms with E-state index >= 15 is 0 Å². The second-order valence-corrected chi connectivity index (χ2v) is 6.35. The Balaban J connectivity index is 1.94. The van der Waals surface area contributed by atoms with Gasteiger partial charge in [0.05, 0.1) is 6.54 Å². The van der Waals surface area contributed by atoms with Crippen molar-refractivity contribution in [3.8, 4) is 12.3 Å². The van der Waals surface area contributed by atoms with Crippen molar-refractivity contribution < 1.29 is 0 Å². The maximum Gasteiger partial charge on any atom is 0.0601 e. The first-order valence-electron chi connectivity index (χ1n) is 7.39. The Bertz CT molecular complexity index is 474. The third-order valence-electron chi connectivity index (χ3n) is 3.54. The maximum atomic E-state index is 5.44. The smallest absolute Gasteiger partial charge is 0.0601 e. The SMILES string of the molecule is C#CCN(CCC)Cc1ccc(CNC2CC2)cc1Br. The van der Waals surface area contributed by atoms with Crippen LogP contribution in [0.4, 0.5) is 0 Å². The van der Waals surface area contributed by atoms with Gasteiger partial charge >= 0.3 is 0 Å². The summed E-state index contributed by atoms with van der Waals surface area (Å²) in [7, 11) is 0. The summed E-state index contributed by atoms with van der Waals surface area (Å²) in [5.41, 5.74) is 2.65. The molecular formula is C17H23BrN2. The lowest BCUT2D eigenvalue weighted by Crippen LogP contribution is -2.24. The van der Waals surface area contributed by atoms with E-state index in [4.69, 9.17) is 6.42 Å². The minimum atomic E-state index is 0.714. The lowest BCUT2D eigenvalue weighted by molar-refractivity contribution is 0.299. The summed E-state index contributed by atoms with van der Waals surface area (Å²) in [4.78, 5) is 2.31. The molecule has 2 nitrogen and oxygen atoms in total. The minimum Gasteiger partial charge on any atom is -0.310 e. The summed E-state index contributed by atoms with van der Waals surface area (Å²) in [6, 6.07) is 7.41. The van der Waals surface area contributed by atoms with Crippen LogP contribution in [0, 0.1) is 12.3 Å². The molecule has 1 aliphatic carbocycles. The van der Waals surface area contributed by atoms with Crippen LogP contribution >= 0.6 is 15.9 Å². The van der Waals surface area contributed by atoms with E-state index in [0.717, 1.165) is 32.1 Å². The van der Waals surface area contributed by atoms with Crippen molar-refractivity contribution in [2.24, 2.45) is 0 Å². The third kappa shape index (κ3) is 4.94. The van der Waals surface area contributed by atoms with Gasteiger partial charge in [-0.25, -0.2) is 0 Å². The van der Waals surface area contributed by atoms with Gasteiger partial charge in [0.25, 0.3) is 0 Å². The molecule has 0 radical (unpaired) electrons. The molecular weight excluding hydrogens is 312 g/mol. The van der Waals surface area contributed by atoms with Crippen LogP contribution in [0.15, 0.2) is 22.7 Å². The highest BCUT2D eigenvalue weighted by molar-refractivity contribution is 9.10. The molecule has 3 heteroatoms. The molecule has 1 aromatic rings. The van der Waals surface area contributed by atoms with Crippen molar-refractivity contribution in [2.45, 2.75) is 45.3 Å². The van der Waals surface area contributed by atoms with E-state index in [9.17, 15) is 0 Å². The second kappa shape index (κ2) is 7.83. The zero-order valence-corrected chi connectivity index (χ0v) is 13.7. The lowest BCUT2D eigenvalue weighted by atomic mass is 10.1. The summed E-state index contributed by atoms with van der Waals surface area (Å²) in [5.74, 6) is 2.74. The average Bonchev–Trinajstić information content (AvgIpc) is 3.24. The van der Waals surface area contributed by atoms with Crippen LogP contribution in [0.25, 0.3) is 0 Å². The quantitative estimate of drug-likeness (QED) is 0.731. The molecule has 1 saturated carbocycles. The van der Waals surface area contributed by atoms with Gasteiger partial charge in [-0.2, -0.15) is 0 Å². The Morgan fingerprint density at radius 1 is 1.45 bits per heavy atom. The lowest BCUT2D eigenvalue weighted by Gasteiger charge is -2.20. The summed E-state index contributed by atoms with van der Waals surface area (Å²) in [6.45, 7) is 5.82. The van der Waals surface area contributed by atoms with E-state index in [1.165, 1.54) is 28.4 Å². The molecule has 0 amide bonds. The normalized spacial score (nSPS) is 14.5. The van der Waals surface area contributed by atoms with Crippen molar-refractivity contribution >= 4 is 15.9 Å². The molecule has 0 spiro atoms. The number of hydrogen-bond acceptors (Lipinski definition) is 2. The van der Waals surface area contributed by atoms with Crippen LogP contribution in [0.1, 0.15) is 37.3 Å². The zero-order valence-electron chi connectivity index (χ0n) is 12.2. The molecule has 1 N–H and O–H groups in total. The molecule has 1 aromatic carbocycles. The van der Waals surface area contributed by atoms with Crippen molar-refractivity contribution in [1.29, 1.82) is 0 Å². The maximum absolute atomic E-state index is 5.44. The number of hydrogen-bond donors (Lipinski definition) is 1. The number of rotatable bonds is 8. The molecule has 0 unspecified atom stereocenters. The first-order chi connectivity index (χ1) is 9.72. The van der Waals surface area contributed by atoms with E-state index < -0.39 is 0 Å². The molecule has 0 bridgehead atoms. The Kier molecular flexibility index (Phi) is 6.09. The van der Waals surface area contributed by atoms with Gasteiger partial charge in [-0.05, 0) is 43.0 Å². The molecule has 2 rings (SSSR count). The van der Waals surface area contributed by atoms with Crippen LogP contribution in [-0.2, 0) is 13.1 Å². The molecule has 0 atom stereocenters. The second-order valence-electron chi connectivity index (χ2n) is 5.50. The van der Waals surface area contributed by atoms with Gasteiger partial charge in [0.2, 0.25) is 0 Å². The number of nitrogens with zero attached hydrogens (tertiary/aromatic N) is 1. The van der Waals surface area contributed by atoms with E-state index in [-0.39, 0.29) is 0 Å². The molecule has 0 aromatic heterocycles. The van der Waals surface area contributed by atoms with E-state index in [0.29, 0.717) is 6.54 Å². The first kappa shape index (κ1) is 15.6. The van der Waals surface area contributed by atoms with Crippen molar-refractivity contribution in [2.75, 3.05) is 13.1 Å². The van der Waals surface area contributed by atoms with Crippen LogP contribution in [0.5, 0.6) is 0 Å². The fraction of sp³-hybridized carbons (Fsp3) is 0.529. The largest absolute Gasteiger partial charge is 0.310 e. The Hall–Kier alpha value is -0.820. The van der Waals surface area contributed by atoms with Crippen LogP contribution in [0.3, 0.4) is 0 Å². The molecule has 108 valence electrons. The Morgan fingerprint density at radius 3 is 2.85 bits per heavy atom. The highest BCUT2D eigenvalue weighted by Gasteiger charge is 2.20. The fourth-order valence-corrected chi connectivity index (χ4v) is 2.83. The van der Waals surface area contributed by atoms with E-state index in [2.05, 4.69) is 57.2 Å². The average molecular weight is 335 g/mol. The van der Waals surface area contributed by atoms with Gasteiger partial charge in [0, 0.05) is 23.6 Å². The predicted octanol–water partition coefficient (Wildman–Crippen LogP) is 3.55. The fourth-order valence-electron chi connectivity index (χ4n) is 2.28. The van der Waals surface area contributed by atoms with Crippen LogP contribution in [0.2, 0.25) is 0 Å². The topological polar surface area (TPSA) is 15.3 Å². The van der Waals surface area contributed by atoms with E-state index in [1.807, 2.05) is 0 Å². The summed E-state index contributed by atoms with van der Waals surface area (Å²) in [5, 5.41) is 3.54. The number of terminal acetylenes is 1. The summed E-state index contributed by atoms with van der Waals surface area (Å²) < 4.78 is 1.19. The third-order valence-corrected chi connectivity index (χ3v) is 4.28. The molecule has 0 heterocycles.